The molecule has 0 heterocycles. The van der Waals surface area contributed by atoms with Gasteiger partial charge in [-0.05, 0) is 32.4 Å². The number of rotatable bonds is 8. The average molecular weight is 262 g/mol. The van der Waals surface area contributed by atoms with Crippen LogP contribution in [-0.4, -0.2) is 31.8 Å². The first kappa shape index (κ1) is 22.6. The van der Waals surface area contributed by atoms with Crippen molar-refractivity contribution in [2.24, 2.45) is 11.5 Å². The summed E-state index contributed by atoms with van der Waals surface area (Å²) in [6, 6.07) is 0. The fourth-order valence-electron chi connectivity index (χ4n) is 0.969. The summed E-state index contributed by atoms with van der Waals surface area (Å²) in [6.45, 7) is 3.51. The van der Waals surface area contributed by atoms with E-state index in [0.29, 0.717) is 6.42 Å². The average Bonchev–Trinajstić information content (AvgIpc) is 2.22. The van der Waals surface area contributed by atoms with Crippen LogP contribution in [0.4, 0.5) is 0 Å². The largest absolute Gasteiger partial charge is 1.00 e. The Bertz CT molecular complexity index is 223. The van der Waals surface area contributed by atoms with Crippen molar-refractivity contribution in [3.63, 3.8) is 0 Å². The Balaban J connectivity index is -0.0000000980. The van der Waals surface area contributed by atoms with Crippen molar-refractivity contribution >= 4 is 10.1 Å². The Labute approximate surface area is 119 Å². The third-order valence-electron chi connectivity index (χ3n) is 1.91. The van der Waals surface area contributed by atoms with Gasteiger partial charge in [-0.15, -0.1) is 0 Å². The molecule has 7 heteroatoms. The molecule has 0 aromatic heterocycles. The summed E-state index contributed by atoms with van der Waals surface area (Å²) in [4.78, 5) is 0. The second-order valence-electron chi connectivity index (χ2n) is 3.63. The third kappa shape index (κ3) is 31.4. The van der Waals surface area contributed by atoms with Gasteiger partial charge in [-0.2, -0.15) is 8.42 Å². The van der Waals surface area contributed by atoms with Gasteiger partial charge in [-0.25, -0.2) is 0 Å². The Kier molecular flexibility index (Phi) is 21.8. The minimum Gasteiger partial charge on any atom is -1.00 e. The zero-order valence-electron chi connectivity index (χ0n) is 12.2. The summed E-state index contributed by atoms with van der Waals surface area (Å²) in [7, 11) is -3.69. The van der Waals surface area contributed by atoms with E-state index in [-0.39, 0.29) is 26.0 Å². The van der Waals surface area contributed by atoms with Gasteiger partial charge >= 0.3 is 18.9 Å². The maximum absolute atomic E-state index is 9.95. The van der Waals surface area contributed by atoms with Crippen molar-refractivity contribution < 1.29 is 33.3 Å². The SMILES string of the molecule is CCCCS(=O)(=O)O.NCCCCCCN.[H-].[Li+]. The Morgan fingerprint density at radius 3 is 1.59 bits per heavy atom. The van der Waals surface area contributed by atoms with Crippen molar-refractivity contribution in [3.8, 4) is 0 Å². The van der Waals surface area contributed by atoms with E-state index in [2.05, 4.69) is 0 Å². The van der Waals surface area contributed by atoms with Gasteiger partial charge in [0.2, 0.25) is 0 Å². The number of unbranched alkanes of at least 4 members (excludes halogenated alkanes) is 4. The first-order chi connectivity index (χ1) is 7.47. The van der Waals surface area contributed by atoms with E-state index < -0.39 is 10.1 Å². The van der Waals surface area contributed by atoms with Crippen LogP contribution in [0.25, 0.3) is 0 Å². The van der Waals surface area contributed by atoms with Gasteiger partial charge in [-0.1, -0.05) is 26.2 Å². The molecule has 0 atom stereocenters. The summed E-state index contributed by atoms with van der Waals surface area (Å²) in [5.41, 5.74) is 10.6. The van der Waals surface area contributed by atoms with Crippen LogP contribution in [0.5, 0.6) is 0 Å². The fourth-order valence-corrected chi connectivity index (χ4v) is 1.62. The second-order valence-corrected chi connectivity index (χ2v) is 5.20. The molecule has 0 unspecified atom stereocenters. The normalized spacial score (nSPS) is 10.1. The predicted molar refractivity (Wildman–Crippen MR) is 69.0 cm³/mol. The Hall–Kier alpha value is 0.427. The van der Waals surface area contributed by atoms with Crippen LogP contribution in [0.1, 0.15) is 46.9 Å². The van der Waals surface area contributed by atoms with Crippen LogP contribution in [0, 0.1) is 0 Å². The second kappa shape index (κ2) is 16.4. The standard InChI is InChI=1S/C6H16N2.C4H10O3S.Li.H/c7-5-3-1-2-4-6-8;1-2-3-4-8(5,6)7;;/h1-8H2;2-4H2,1H3,(H,5,6,7);;/q;;+1;-1. The Morgan fingerprint density at radius 1 is 1.00 bits per heavy atom. The molecule has 0 fully saturated rings. The molecule has 0 amide bonds. The molecule has 0 aliphatic heterocycles. The van der Waals surface area contributed by atoms with Crippen molar-refractivity contribution in [2.45, 2.75) is 45.4 Å². The summed E-state index contributed by atoms with van der Waals surface area (Å²) < 4.78 is 28.0. The quantitative estimate of drug-likeness (QED) is 0.273. The van der Waals surface area contributed by atoms with E-state index in [9.17, 15) is 8.42 Å². The van der Waals surface area contributed by atoms with Crippen LogP contribution in [0.2, 0.25) is 0 Å². The predicted octanol–water partition coefficient (Wildman–Crippen LogP) is -1.74. The minimum atomic E-state index is -3.69. The van der Waals surface area contributed by atoms with E-state index >= 15 is 0 Å². The third-order valence-corrected chi connectivity index (χ3v) is 2.72. The smallest absolute Gasteiger partial charge is 1.00 e. The first-order valence-electron chi connectivity index (χ1n) is 5.83. The summed E-state index contributed by atoms with van der Waals surface area (Å²) in [5, 5.41) is 0. The summed E-state index contributed by atoms with van der Waals surface area (Å²) >= 11 is 0. The van der Waals surface area contributed by atoms with E-state index in [1.54, 1.807) is 0 Å². The molecule has 0 aliphatic rings. The molecule has 0 aliphatic carbocycles. The van der Waals surface area contributed by atoms with Gasteiger partial charge < -0.3 is 12.9 Å². The topological polar surface area (TPSA) is 106 Å². The maximum atomic E-state index is 9.95. The molecule has 0 saturated carbocycles. The summed E-state index contributed by atoms with van der Waals surface area (Å²) in [5.74, 6) is -0.108. The van der Waals surface area contributed by atoms with Gasteiger partial charge in [0.05, 0.1) is 5.75 Å². The van der Waals surface area contributed by atoms with Crippen LogP contribution in [0.15, 0.2) is 0 Å². The number of hydrogen-bond acceptors (Lipinski definition) is 4. The first-order valence-corrected chi connectivity index (χ1v) is 7.44. The van der Waals surface area contributed by atoms with E-state index in [1.807, 2.05) is 6.92 Å². The minimum absolute atomic E-state index is 0. The monoisotopic (exact) mass is 262 g/mol. The molecule has 0 spiro atoms. The van der Waals surface area contributed by atoms with Crippen LogP contribution < -0.4 is 30.3 Å². The number of nitrogens with two attached hydrogens (primary N) is 2. The molecular weight excluding hydrogens is 235 g/mol. The number of hydrogen-bond donors (Lipinski definition) is 3. The molecule has 102 valence electrons. The molecule has 0 radical (unpaired) electrons. The zero-order valence-corrected chi connectivity index (χ0v) is 12.0. The van der Waals surface area contributed by atoms with Crippen LogP contribution in [-0.2, 0) is 10.1 Å². The van der Waals surface area contributed by atoms with Gasteiger partial charge in [0, 0.05) is 0 Å². The zero-order chi connectivity index (χ0) is 12.9. The molecule has 5 nitrogen and oxygen atoms in total. The van der Waals surface area contributed by atoms with Gasteiger partial charge in [0.1, 0.15) is 0 Å². The molecule has 17 heavy (non-hydrogen) atoms. The van der Waals surface area contributed by atoms with Gasteiger partial charge in [0.15, 0.2) is 0 Å². The molecule has 0 bridgehead atoms. The molecule has 0 aromatic rings. The van der Waals surface area contributed by atoms with E-state index in [0.717, 1.165) is 32.4 Å². The Morgan fingerprint density at radius 2 is 1.41 bits per heavy atom. The molecule has 0 saturated heterocycles. The fraction of sp³-hybridized carbons (Fsp3) is 1.00. The molecule has 0 rings (SSSR count). The molecule has 0 aromatic carbocycles. The van der Waals surface area contributed by atoms with Crippen molar-refractivity contribution in [3.05, 3.63) is 0 Å². The van der Waals surface area contributed by atoms with Crippen LogP contribution in [0.3, 0.4) is 0 Å². The van der Waals surface area contributed by atoms with Gasteiger partial charge in [0.25, 0.3) is 10.1 Å². The molecular formula is C10H27LiN2O3S. The van der Waals surface area contributed by atoms with Crippen molar-refractivity contribution in [2.75, 3.05) is 18.8 Å². The van der Waals surface area contributed by atoms with E-state index in [1.165, 1.54) is 12.8 Å². The summed E-state index contributed by atoms with van der Waals surface area (Å²) in [6.07, 6.45) is 6.13. The van der Waals surface area contributed by atoms with Gasteiger partial charge in [-0.3, -0.25) is 4.55 Å². The van der Waals surface area contributed by atoms with E-state index in [4.69, 9.17) is 16.0 Å². The van der Waals surface area contributed by atoms with Crippen molar-refractivity contribution in [1.29, 1.82) is 0 Å². The van der Waals surface area contributed by atoms with Crippen molar-refractivity contribution in [1.82, 2.24) is 0 Å². The molecule has 5 N–H and O–H groups in total. The maximum Gasteiger partial charge on any atom is 1.00 e. The van der Waals surface area contributed by atoms with Crippen LogP contribution >= 0.6 is 0 Å².